The number of carbonyl (C=O) groups is 2. The number of carboxylic acid groups (broad SMARTS) is 1. The SMILES string of the molecule is CN(C1CC1)C1(CC(=O)O)CN(C(=O)OC(C)(C)C)C1. The number of hydrogen-bond donors (Lipinski definition) is 1. The van der Waals surface area contributed by atoms with E-state index in [0.29, 0.717) is 19.1 Å². The van der Waals surface area contributed by atoms with Gasteiger partial charge in [0.2, 0.25) is 0 Å². The van der Waals surface area contributed by atoms with Crippen molar-refractivity contribution >= 4 is 12.1 Å². The summed E-state index contributed by atoms with van der Waals surface area (Å²) < 4.78 is 5.32. The van der Waals surface area contributed by atoms with Crippen molar-refractivity contribution in [2.24, 2.45) is 0 Å². The molecule has 1 saturated carbocycles. The number of aliphatic carboxylic acids is 1. The van der Waals surface area contributed by atoms with Crippen LogP contribution in [0, 0.1) is 0 Å². The van der Waals surface area contributed by atoms with E-state index >= 15 is 0 Å². The van der Waals surface area contributed by atoms with Crippen LogP contribution in [0.25, 0.3) is 0 Å². The van der Waals surface area contributed by atoms with Crippen molar-refractivity contribution < 1.29 is 19.4 Å². The predicted octanol–water partition coefficient (Wildman–Crippen LogP) is 1.54. The Morgan fingerprint density at radius 2 is 1.90 bits per heavy atom. The molecule has 0 atom stereocenters. The van der Waals surface area contributed by atoms with Gasteiger partial charge in [0, 0.05) is 19.1 Å². The van der Waals surface area contributed by atoms with Gasteiger partial charge in [-0.15, -0.1) is 0 Å². The van der Waals surface area contributed by atoms with Gasteiger partial charge in [0.1, 0.15) is 5.60 Å². The second-order valence-corrected chi connectivity index (χ2v) is 6.97. The van der Waals surface area contributed by atoms with Crippen LogP contribution in [0.4, 0.5) is 4.79 Å². The van der Waals surface area contributed by atoms with Gasteiger partial charge in [0.15, 0.2) is 0 Å². The molecule has 2 aliphatic rings. The molecule has 0 aromatic carbocycles. The molecule has 2 fully saturated rings. The number of amides is 1. The Morgan fingerprint density at radius 1 is 1.35 bits per heavy atom. The van der Waals surface area contributed by atoms with Crippen LogP contribution in [0.5, 0.6) is 0 Å². The molecular weight excluding hydrogens is 260 g/mol. The van der Waals surface area contributed by atoms with Crippen LogP contribution in [0.2, 0.25) is 0 Å². The minimum atomic E-state index is -0.818. The summed E-state index contributed by atoms with van der Waals surface area (Å²) in [6, 6.07) is 0.468. The lowest BCUT2D eigenvalue weighted by Gasteiger charge is -2.54. The summed E-state index contributed by atoms with van der Waals surface area (Å²) in [5.74, 6) is -0.818. The average molecular weight is 284 g/mol. The summed E-state index contributed by atoms with van der Waals surface area (Å²) in [5.41, 5.74) is -0.950. The van der Waals surface area contributed by atoms with E-state index < -0.39 is 17.1 Å². The summed E-state index contributed by atoms with van der Waals surface area (Å²) in [5, 5.41) is 9.12. The van der Waals surface area contributed by atoms with Crippen LogP contribution in [0.15, 0.2) is 0 Å². The number of likely N-dealkylation sites (N-methyl/N-ethyl adjacent to an activating group) is 1. The van der Waals surface area contributed by atoms with Crippen molar-refractivity contribution in [2.75, 3.05) is 20.1 Å². The molecule has 1 aliphatic carbocycles. The highest BCUT2D eigenvalue weighted by atomic mass is 16.6. The minimum absolute atomic E-state index is 0.0687. The second kappa shape index (κ2) is 4.91. The van der Waals surface area contributed by atoms with Gasteiger partial charge in [0.25, 0.3) is 0 Å². The van der Waals surface area contributed by atoms with Gasteiger partial charge in [-0.1, -0.05) is 0 Å². The highest BCUT2D eigenvalue weighted by Gasteiger charge is 2.53. The fourth-order valence-corrected chi connectivity index (χ4v) is 2.71. The third-order valence-corrected chi connectivity index (χ3v) is 3.95. The molecule has 1 heterocycles. The van der Waals surface area contributed by atoms with Crippen LogP contribution in [0.3, 0.4) is 0 Å². The van der Waals surface area contributed by atoms with E-state index in [1.807, 2.05) is 27.8 Å². The molecule has 2 rings (SSSR count). The third-order valence-electron chi connectivity index (χ3n) is 3.95. The third kappa shape index (κ3) is 3.23. The maximum atomic E-state index is 12.0. The van der Waals surface area contributed by atoms with E-state index in [0.717, 1.165) is 12.8 Å². The number of rotatable bonds is 4. The summed E-state index contributed by atoms with van der Waals surface area (Å²) in [7, 11) is 1.97. The fraction of sp³-hybridized carbons (Fsp3) is 0.857. The zero-order valence-electron chi connectivity index (χ0n) is 12.7. The van der Waals surface area contributed by atoms with Gasteiger partial charge in [-0.25, -0.2) is 4.79 Å². The van der Waals surface area contributed by atoms with Crippen LogP contribution < -0.4 is 0 Å². The summed E-state index contributed by atoms with van der Waals surface area (Å²) in [6.45, 7) is 6.34. The van der Waals surface area contributed by atoms with Crippen LogP contribution >= 0.6 is 0 Å². The Labute approximate surface area is 119 Å². The van der Waals surface area contributed by atoms with Gasteiger partial charge >= 0.3 is 12.1 Å². The molecule has 6 nitrogen and oxygen atoms in total. The minimum Gasteiger partial charge on any atom is -0.481 e. The lowest BCUT2D eigenvalue weighted by atomic mass is 9.84. The fourth-order valence-electron chi connectivity index (χ4n) is 2.71. The molecule has 0 bridgehead atoms. The molecule has 0 unspecified atom stereocenters. The van der Waals surface area contributed by atoms with Crippen molar-refractivity contribution in [3.05, 3.63) is 0 Å². The number of carboxylic acids is 1. The first-order valence-electron chi connectivity index (χ1n) is 7.06. The van der Waals surface area contributed by atoms with Crippen LogP contribution in [-0.2, 0) is 9.53 Å². The maximum absolute atomic E-state index is 12.0. The summed E-state index contributed by atoms with van der Waals surface area (Å²) in [6.07, 6.45) is 1.94. The van der Waals surface area contributed by atoms with Crippen molar-refractivity contribution in [1.82, 2.24) is 9.80 Å². The first-order valence-corrected chi connectivity index (χ1v) is 7.06. The summed E-state index contributed by atoms with van der Waals surface area (Å²) >= 11 is 0. The zero-order valence-corrected chi connectivity index (χ0v) is 12.7. The van der Waals surface area contributed by atoms with Crippen molar-refractivity contribution in [3.8, 4) is 0 Å². The van der Waals surface area contributed by atoms with Gasteiger partial charge in [-0.05, 0) is 40.7 Å². The Kier molecular flexibility index (Phi) is 3.71. The average Bonchev–Trinajstić information content (AvgIpc) is 3.01. The lowest BCUT2D eigenvalue weighted by molar-refractivity contribution is -0.145. The first kappa shape index (κ1) is 15.1. The molecule has 1 amide bonds. The molecule has 114 valence electrons. The van der Waals surface area contributed by atoms with Crippen LogP contribution in [0.1, 0.15) is 40.0 Å². The molecule has 0 radical (unpaired) electrons. The van der Waals surface area contributed by atoms with Crippen molar-refractivity contribution in [1.29, 1.82) is 0 Å². The van der Waals surface area contributed by atoms with Gasteiger partial charge in [-0.2, -0.15) is 0 Å². The molecule has 1 N–H and O–H groups in total. The van der Waals surface area contributed by atoms with E-state index in [4.69, 9.17) is 9.84 Å². The quantitative estimate of drug-likeness (QED) is 0.848. The first-order chi connectivity index (χ1) is 9.13. The zero-order chi connectivity index (χ0) is 15.1. The second-order valence-electron chi connectivity index (χ2n) is 6.97. The Balaban J connectivity index is 1.97. The van der Waals surface area contributed by atoms with Gasteiger partial charge in [-0.3, -0.25) is 9.69 Å². The topological polar surface area (TPSA) is 70.1 Å². The predicted molar refractivity (Wildman–Crippen MR) is 73.6 cm³/mol. The molecule has 0 spiro atoms. The number of likely N-dealkylation sites (tertiary alicyclic amines) is 1. The lowest BCUT2D eigenvalue weighted by Crippen LogP contribution is -2.71. The number of carbonyl (C=O) groups excluding carboxylic acids is 1. The van der Waals surface area contributed by atoms with Crippen LogP contribution in [-0.4, -0.2) is 64.3 Å². The van der Waals surface area contributed by atoms with Gasteiger partial charge in [0.05, 0.1) is 12.0 Å². The largest absolute Gasteiger partial charge is 0.481 e. The number of hydrogen-bond acceptors (Lipinski definition) is 4. The van der Waals surface area contributed by atoms with E-state index in [2.05, 4.69) is 4.90 Å². The molecule has 20 heavy (non-hydrogen) atoms. The van der Waals surface area contributed by atoms with E-state index in [-0.39, 0.29) is 12.5 Å². The Morgan fingerprint density at radius 3 is 2.30 bits per heavy atom. The molecule has 1 aliphatic heterocycles. The smallest absolute Gasteiger partial charge is 0.410 e. The van der Waals surface area contributed by atoms with Crippen molar-refractivity contribution in [2.45, 2.75) is 57.2 Å². The van der Waals surface area contributed by atoms with Gasteiger partial charge < -0.3 is 14.7 Å². The van der Waals surface area contributed by atoms with E-state index in [9.17, 15) is 9.59 Å². The highest BCUT2D eigenvalue weighted by Crippen LogP contribution is 2.39. The maximum Gasteiger partial charge on any atom is 0.410 e. The summed E-state index contributed by atoms with van der Waals surface area (Å²) in [4.78, 5) is 26.8. The molecule has 6 heteroatoms. The Hall–Kier alpha value is -1.30. The molecule has 0 aromatic rings. The van der Waals surface area contributed by atoms with Crippen molar-refractivity contribution in [3.63, 3.8) is 0 Å². The Bertz CT molecular complexity index is 406. The molecule has 0 aromatic heterocycles. The number of ether oxygens (including phenoxy) is 1. The highest BCUT2D eigenvalue weighted by molar-refractivity contribution is 5.73. The van der Waals surface area contributed by atoms with E-state index in [1.165, 1.54) is 0 Å². The number of nitrogens with zero attached hydrogens (tertiary/aromatic N) is 2. The standard InChI is InChI=1S/C14H24N2O4/c1-13(2,3)20-12(19)16-8-14(9-16,7-11(17)18)15(4)10-5-6-10/h10H,5-9H2,1-4H3,(H,17,18). The van der Waals surface area contributed by atoms with E-state index in [1.54, 1.807) is 4.90 Å². The molecular formula is C14H24N2O4. The monoisotopic (exact) mass is 284 g/mol. The normalized spacial score (nSPS) is 21.6. The molecule has 1 saturated heterocycles.